The van der Waals surface area contributed by atoms with E-state index in [4.69, 9.17) is 28.4 Å². The van der Waals surface area contributed by atoms with E-state index in [-0.39, 0.29) is 18.0 Å². The van der Waals surface area contributed by atoms with Crippen molar-refractivity contribution in [2.24, 2.45) is 0 Å². The number of benzene rings is 1. The maximum Gasteiger partial charge on any atom is 0.303 e. The minimum absolute atomic E-state index is 0.0162. The van der Waals surface area contributed by atoms with Gasteiger partial charge in [-0.05, 0) is 12.1 Å². The van der Waals surface area contributed by atoms with Crippen LogP contribution in [0.15, 0.2) is 36.9 Å². The molecule has 1 aromatic rings. The number of nitrogens with zero attached hydrogens (tertiary/aromatic N) is 1. The molecule has 0 aromatic heterocycles. The van der Waals surface area contributed by atoms with Crippen LogP contribution >= 0.6 is 0 Å². The molecule has 1 fully saturated rings. The van der Waals surface area contributed by atoms with Gasteiger partial charge in [0.25, 0.3) is 5.69 Å². The number of nitro benzene ring substituents is 1. The zero-order chi connectivity index (χ0) is 23.8. The molecule has 5 atom stereocenters. The lowest BCUT2D eigenvalue weighted by Crippen LogP contribution is -2.63. The molecule has 1 aliphatic heterocycles. The topological polar surface area (TPSA) is 150 Å². The Labute approximate surface area is 183 Å². The van der Waals surface area contributed by atoms with Crippen molar-refractivity contribution in [2.75, 3.05) is 6.61 Å². The van der Waals surface area contributed by atoms with Crippen LogP contribution in [0.2, 0.25) is 0 Å². The first kappa shape index (κ1) is 24.8. The molecule has 0 aliphatic carbocycles. The molecule has 0 unspecified atom stereocenters. The second-order valence-corrected chi connectivity index (χ2v) is 6.59. The summed E-state index contributed by atoms with van der Waals surface area (Å²) in [5, 5.41) is 10.9. The number of carbonyl (C=O) groups is 3. The van der Waals surface area contributed by atoms with Crippen LogP contribution in [0.25, 0.3) is 0 Å². The van der Waals surface area contributed by atoms with Gasteiger partial charge in [-0.15, -0.1) is 6.58 Å². The van der Waals surface area contributed by atoms with E-state index in [1.807, 2.05) is 0 Å². The van der Waals surface area contributed by atoms with Crippen LogP contribution in [0.1, 0.15) is 20.8 Å². The number of rotatable bonds is 9. The predicted octanol–water partition coefficient (Wildman–Crippen LogP) is 1.65. The first-order chi connectivity index (χ1) is 15.1. The molecule has 0 bridgehead atoms. The van der Waals surface area contributed by atoms with E-state index in [9.17, 15) is 24.5 Å². The molecule has 32 heavy (non-hydrogen) atoms. The maximum absolute atomic E-state index is 11.8. The minimum atomic E-state index is -1.38. The molecule has 2 rings (SSSR count). The van der Waals surface area contributed by atoms with Gasteiger partial charge in [0.1, 0.15) is 5.75 Å². The summed E-state index contributed by atoms with van der Waals surface area (Å²) in [5.74, 6) is -2.09. The molecule has 0 spiro atoms. The fourth-order valence-corrected chi connectivity index (χ4v) is 2.91. The first-order valence-corrected chi connectivity index (χ1v) is 9.43. The number of carbonyl (C=O) groups excluding carboxylic acids is 3. The van der Waals surface area contributed by atoms with Gasteiger partial charge in [0.2, 0.25) is 18.7 Å². The summed E-state index contributed by atoms with van der Waals surface area (Å²) in [7, 11) is 0. The van der Waals surface area contributed by atoms with Crippen molar-refractivity contribution in [3.8, 4) is 5.75 Å². The Morgan fingerprint density at radius 1 is 0.969 bits per heavy atom. The molecule has 0 radical (unpaired) electrons. The molecule has 1 aliphatic rings. The number of esters is 3. The van der Waals surface area contributed by atoms with Gasteiger partial charge in [-0.25, -0.2) is 0 Å². The van der Waals surface area contributed by atoms with Gasteiger partial charge in [0.05, 0.1) is 11.5 Å². The van der Waals surface area contributed by atoms with Crippen molar-refractivity contribution in [1.82, 2.24) is 0 Å². The summed E-state index contributed by atoms with van der Waals surface area (Å²) < 4.78 is 32.8. The van der Waals surface area contributed by atoms with E-state index >= 15 is 0 Å². The molecule has 174 valence electrons. The Hall–Kier alpha value is -3.51. The molecule has 1 saturated heterocycles. The Kier molecular flexibility index (Phi) is 8.67. The van der Waals surface area contributed by atoms with Crippen molar-refractivity contribution >= 4 is 23.6 Å². The summed E-state index contributed by atoms with van der Waals surface area (Å²) in [6.45, 7) is 6.89. The lowest BCUT2D eigenvalue weighted by molar-refractivity contribution is -0.384. The Morgan fingerprint density at radius 2 is 1.47 bits per heavy atom. The third-order valence-corrected chi connectivity index (χ3v) is 4.04. The highest BCUT2D eigenvalue weighted by molar-refractivity contribution is 5.68. The SMILES string of the molecule is C=CCO[C@H]1O[C@H](Oc2ccc([N+](=O)[O-])cc2)[C@H](OC(C)=O)[C@@H](OC(C)=O)[C@H]1OC(C)=O. The van der Waals surface area contributed by atoms with E-state index in [1.165, 1.54) is 30.3 Å². The van der Waals surface area contributed by atoms with Crippen LogP contribution in [0, 0.1) is 10.1 Å². The summed E-state index contributed by atoms with van der Waals surface area (Å²) in [4.78, 5) is 45.4. The quantitative estimate of drug-likeness (QED) is 0.176. The van der Waals surface area contributed by atoms with Crippen molar-refractivity contribution in [3.63, 3.8) is 0 Å². The number of nitro groups is 1. The van der Waals surface area contributed by atoms with E-state index in [0.717, 1.165) is 20.8 Å². The van der Waals surface area contributed by atoms with Gasteiger partial charge < -0.3 is 28.4 Å². The van der Waals surface area contributed by atoms with Crippen molar-refractivity contribution < 1.29 is 47.7 Å². The number of hydrogen-bond acceptors (Lipinski definition) is 11. The summed E-state index contributed by atoms with van der Waals surface area (Å²) in [5.41, 5.74) is -0.168. The second-order valence-electron chi connectivity index (χ2n) is 6.59. The zero-order valence-corrected chi connectivity index (χ0v) is 17.6. The average molecular weight is 453 g/mol. The van der Waals surface area contributed by atoms with Crippen LogP contribution in [-0.2, 0) is 38.1 Å². The Bertz CT molecular complexity index is 854. The Morgan fingerprint density at radius 3 is 1.94 bits per heavy atom. The smallest absolute Gasteiger partial charge is 0.303 e. The summed E-state index contributed by atoms with van der Waals surface area (Å²) in [6, 6.07) is 5.03. The maximum atomic E-state index is 11.8. The van der Waals surface area contributed by atoms with Gasteiger partial charge in [0.15, 0.2) is 12.2 Å². The Balaban J connectivity index is 2.42. The van der Waals surface area contributed by atoms with E-state index < -0.39 is 53.7 Å². The number of non-ortho nitro benzene ring substituents is 1. The van der Waals surface area contributed by atoms with Crippen LogP contribution in [0.5, 0.6) is 5.75 Å². The number of ether oxygens (including phenoxy) is 6. The lowest BCUT2D eigenvalue weighted by Gasteiger charge is -2.43. The fourth-order valence-electron chi connectivity index (χ4n) is 2.91. The molecule has 0 N–H and O–H groups in total. The van der Waals surface area contributed by atoms with Gasteiger partial charge >= 0.3 is 17.9 Å². The monoisotopic (exact) mass is 453 g/mol. The number of hydrogen-bond donors (Lipinski definition) is 0. The fraction of sp³-hybridized carbons (Fsp3) is 0.450. The summed E-state index contributed by atoms with van der Waals surface area (Å²) >= 11 is 0. The molecule has 12 heteroatoms. The lowest BCUT2D eigenvalue weighted by atomic mass is 10.0. The third-order valence-electron chi connectivity index (χ3n) is 4.04. The van der Waals surface area contributed by atoms with Gasteiger partial charge in [-0.3, -0.25) is 24.5 Å². The van der Waals surface area contributed by atoms with E-state index in [2.05, 4.69) is 6.58 Å². The molecule has 0 saturated carbocycles. The van der Waals surface area contributed by atoms with Crippen molar-refractivity contribution in [1.29, 1.82) is 0 Å². The summed E-state index contributed by atoms with van der Waals surface area (Å²) in [6.07, 6.45) is -5.24. The van der Waals surface area contributed by atoms with Gasteiger partial charge in [-0.2, -0.15) is 0 Å². The molecule has 12 nitrogen and oxygen atoms in total. The molecular formula is C20H23NO11. The molecular weight excluding hydrogens is 430 g/mol. The van der Waals surface area contributed by atoms with E-state index in [1.54, 1.807) is 0 Å². The highest BCUT2D eigenvalue weighted by Gasteiger charge is 2.53. The zero-order valence-electron chi connectivity index (χ0n) is 17.6. The highest BCUT2D eigenvalue weighted by atomic mass is 16.8. The molecule has 1 aromatic carbocycles. The second kappa shape index (κ2) is 11.2. The molecule has 0 amide bonds. The normalized spacial score (nSPS) is 24.7. The minimum Gasteiger partial charge on any atom is -0.461 e. The van der Waals surface area contributed by atoms with Crippen molar-refractivity contribution in [3.05, 3.63) is 47.0 Å². The standard InChI is InChI=1S/C20H23NO11/c1-5-10-27-19-17(29-12(3)23)16(28-11(2)22)18(30-13(4)24)20(32-19)31-15-8-6-14(7-9-15)21(25)26/h5-9,16-20H,1,10H2,2-4H3/t16-,17+,18+,19-,20-/m0/s1. The van der Waals surface area contributed by atoms with Gasteiger partial charge in [-0.1, -0.05) is 6.08 Å². The molecule has 1 heterocycles. The highest BCUT2D eigenvalue weighted by Crippen LogP contribution is 2.31. The van der Waals surface area contributed by atoms with Crippen LogP contribution in [-0.4, -0.2) is 60.3 Å². The van der Waals surface area contributed by atoms with Crippen LogP contribution < -0.4 is 4.74 Å². The average Bonchev–Trinajstić information content (AvgIpc) is 2.70. The van der Waals surface area contributed by atoms with Crippen molar-refractivity contribution in [2.45, 2.75) is 51.7 Å². The predicted molar refractivity (Wildman–Crippen MR) is 105 cm³/mol. The van der Waals surface area contributed by atoms with Crippen LogP contribution in [0.3, 0.4) is 0 Å². The van der Waals surface area contributed by atoms with E-state index in [0.29, 0.717) is 0 Å². The third kappa shape index (κ3) is 6.75. The van der Waals surface area contributed by atoms with Gasteiger partial charge in [0, 0.05) is 32.9 Å². The van der Waals surface area contributed by atoms with Crippen LogP contribution in [0.4, 0.5) is 5.69 Å². The largest absolute Gasteiger partial charge is 0.461 e. The first-order valence-electron chi connectivity index (χ1n) is 9.43.